The van der Waals surface area contributed by atoms with E-state index in [-0.39, 0.29) is 18.6 Å². The maximum Gasteiger partial charge on any atom is 0.334 e. The summed E-state index contributed by atoms with van der Waals surface area (Å²) in [6, 6.07) is 1.80. The van der Waals surface area contributed by atoms with Gasteiger partial charge in [0.25, 0.3) is 5.91 Å². The number of morpholine rings is 1. The van der Waals surface area contributed by atoms with E-state index in [0.717, 1.165) is 4.88 Å². The van der Waals surface area contributed by atoms with E-state index in [4.69, 9.17) is 14.6 Å². The molecule has 1 fully saturated rings. The molecule has 6 nitrogen and oxygen atoms in total. The van der Waals surface area contributed by atoms with E-state index in [9.17, 15) is 9.59 Å². The molecule has 1 saturated heterocycles. The molecule has 0 bridgehead atoms. The van der Waals surface area contributed by atoms with E-state index in [2.05, 4.69) is 0 Å². The van der Waals surface area contributed by atoms with Crippen LogP contribution in [0.4, 0.5) is 0 Å². The first kappa shape index (κ1) is 14.8. The van der Waals surface area contributed by atoms with Crippen LogP contribution >= 0.6 is 11.3 Å². The fourth-order valence-corrected chi connectivity index (χ4v) is 3.14. The molecule has 0 aliphatic carbocycles. The maximum atomic E-state index is 12.5. The number of rotatable bonds is 3. The third kappa shape index (κ3) is 2.94. The topological polar surface area (TPSA) is 76.1 Å². The molecule has 0 saturated carbocycles. The third-order valence-corrected chi connectivity index (χ3v) is 4.08. The lowest BCUT2D eigenvalue weighted by Gasteiger charge is -2.34. The normalized spacial score (nSPS) is 22.6. The van der Waals surface area contributed by atoms with Gasteiger partial charge in [0, 0.05) is 11.4 Å². The molecule has 1 amide bonds. The first-order valence-corrected chi connectivity index (χ1v) is 7.06. The van der Waals surface area contributed by atoms with Gasteiger partial charge >= 0.3 is 5.97 Å². The number of carbonyl (C=O) groups is 2. The van der Waals surface area contributed by atoms with Gasteiger partial charge in [0.15, 0.2) is 6.10 Å². The number of methoxy groups -OCH3 is 1. The standard InChI is InChI=1S/C13H17NO5S/c1-7-5-14(6-10(19-7)13(16)17)12(15)11-9(18-3)4-8(2)20-11/h4,7,10H,5-6H2,1-3H3,(H,16,17)/t7-,10?/m1/s1. The highest BCUT2D eigenvalue weighted by molar-refractivity contribution is 7.14. The summed E-state index contributed by atoms with van der Waals surface area (Å²) in [5.74, 6) is -0.728. The lowest BCUT2D eigenvalue weighted by atomic mass is 10.2. The lowest BCUT2D eigenvalue weighted by molar-refractivity contribution is -0.160. The van der Waals surface area contributed by atoms with Crippen LogP contribution in [-0.4, -0.2) is 54.3 Å². The van der Waals surface area contributed by atoms with Crippen molar-refractivity contribution in [1.29, 1.82) is 0 Å². The van der Waals surface area contributed by atoms with Crippen molar-refractivity contribution in [3.05, 3.63) is 15.8 Å². The van der Waals surface area contributed by atoms with Crippen molar-refractivity contribution in [3.63, 3.8) is 0 Å². The van der Waals surface area contributed by atoms with Gasteiger partial charge in [-0.2, -0.15) is 0 Å². The number of carboxylic acids is 1. The van der Waals surface area contributed by atoms with E-state index < -0.39 is 12.1 Å². The summed E-state index contributed by atoms with van der Waals surface area (Å²) >= 11 is 1.35. The number of carbonyl (C=O) groups excluding carboxylic acids is 1. The summed E-state index contributed by atoms with van der Waals surface area (Å²) in [6.45, 7) is 4.08. The molecule has 1 aromatic heterocycles. The molecule has 1 aliphatic heterocycles. The van der Waals surface area contributed by atoms with E-state index >= 15 is 0 Å². The largest absolute Gasteiger partial charge is 0.495 e. The van der Waals surface area contributed by atoms with E-state index in [1.807, 2.05) is 6.92 Å². The number of hydrogen-bond acceptors (Lipinski definition) is 5. The van der Waals surface area contributed by atoms with Crippen LogP contribution in [0.5, 0.6) is 5.75 Å². The van der Waals surface area contributed by atoms with E-state index in [0.29, 0.717) is 17.2 Å². The predicted octanol–water partition coefficient (Wildman–Crippen LogP) is 1.38. The van der Waals surface area contributed by atoms with E-state index in [1.165, 1.54) is 23.3 Å². The van der Waals surface area contributed by atoms with Crippen LogP contribution in [-0.2, 0) is 9.53 Å². The quantitative estimate of drug-likeness (QED) is 0.912. The highest BCUT2D eigenvalue weighted by Crippen LogP contribution is 2.30. The Morgan fingerprint density at radius 3 is 2.80 bits per heavy atom. The molecule has 2 atom stereocenters. The molecule has 110 valence electrons. The molecule has 1 aliphatic rings. The lowest BCUT2D eigenvalue weighted by Crippen LogP contribution is -2.51. The number of hydrogen-bond donors (Lipinski definition) is 1. The van der Waals surface area contributed by atoms with Crippen LogP contribution in [0.25, 0.3) is 0 Å². The van der Waals surface area contributed by atoms with Crippen molar-refractivity contribution in [1.82, 2.24) is 4.90 Å². The first-order valence-electron chi connectivity index (χ1n) is 6.24. The number of aliphatic carboxylic acids is 1. The summed E-state index contributed by atoms with van der Waals surface area (Å²) in [5.41, 5.74) is 0. The molecule has 7 heteroatoms. The number of thiophene rings is 1. The number of amides is 1. The second-order valence-corrected chi connectivity index (χ2v) is 5.99. The molecule has 1 aromatic rings. The molecule has 1 unspecified atom stereocenters. The zero-order chi connectivity index (χ0) is 14.9. The molecule has 2 rings (SSSR count). The smallest absolute Gasteiger partial charge is 0.334 e. The van der Waals surface area contributed by atoms with Crippen molar-refractivity contribution < 1.29 is 24.2 Å². The second kappa shape index (κ2) is 5.80. The summed E-state index contributed by atoms with van der Waals surface area (Å²) < 4.78 is 10.5. The Morgan fingerprint density at radius 2 is 2.20 bits per heavy atom. The number of ether oxygens (including phenoxy) is 2. The van der Waals surface area contributed by atoms with Gasteiger partial charge in [-0.15, -0.1) is 11.3 Å². The first-order chi connectivity index (χ1) is 9.42. The van der Waals surface area contributed by atoms with Crippen molar-refractivity contribution in [2.75, 3.05) is 20.2 Å². The van der Waals surface area contributed by atoms with Crippen LogP contribution in [0.2, 0.25) is 0 Å². The maximum absolute atomic E-state index is 12.5. The Labute approximate surface area is 120 Å². The average molecular weight is 299 g/mol. The van der Waals surface area contributed by atoms with Crippen LogP contribution < -0.4 is 4.74 Å². The van der Waals surface area contributed by atoms with Gasteiger partial charge in [-0.25, -0.2) is 4.79 Å². The fraction of sp³-hybridized carbons (Fsp3) is 0.538. The SMILES string of the molecule is COc1cc(C)sc1C(=O)N1CC(C(=O)O)O[C@H](C)C1. The Balaban J connectivity index is 2.21. The minimum absolute atomic E-state index is 0.0542. The van der Waals surface area contributed by atoms with Crippen LogP contribution in [0.15, 0.2) is 6.07 Å². The highest BCUT2D eigenvalue weighted by atomic mass is 32.1. The summed E-state index contributed by atoms with van der Waals surface area (Å²) in [6.07, 6.45) is -1.28. The molecule has 2 heterocycles. The van der Waals surface area contributed by atoms with Gasteiger partial charge in [0.2, 0.25) is 0 Å². The zero-order valence-corrected chi connectivity index (χ0v) is 12.4. The Bertz CT molecular complexity index is 527. The zero-order valence-electron chi connectivity index (χ0n) is 11.6. The number of nitrogens with zero attached hydrogens (tertiary/aromatic N) is 1. The summed E-state index contributed by atoms with van der Waals surface area (Å²) in [5, 5.41) is 9.05. The molecule has 0 spiro atoms. The minimum Gasteiger partial charge on any atom is -0.495 e. The Morgan fingerprint density at radius 1 is 1.50 bits per heavy atom. The molecular formula is C13H17NO5S. The summed E-state index contributed by atoms with van der Waals surface area (Å²) in [7, 11) is 1.51. The third-order valence-electron chi connectivity index (χ3n) is 3.06. The van der Waals surface area contributed by atoms with Crippen molar-refractivity contribution in [2.45, 2.75) is 26.1 Å². The Hall–Kier alpha value is -1.60. The molecule has 0 aromatic carbocycles. The van der Waals surface area contributed by atoms with Gasteiger partial charge in [0.1, 0.15) is 10.6 Å². The molecule has 1 N–H and O–H groups in total. The monoisotopic (exact) mass is 299 g/mol. The van der Waals surface area contributed by atoms with E-state index in [1.54, 1.807) is 13.0 Å². The van der Waals surface area contributed by atoms with Crippen molar-refractivity contribution >= 4 is 23.2 Å². The summed E-state index contributed by atoms with van der Waals surface area (Å²) in [4.78, 5) is 26.6. The average Bonchev–Trinajstić information content (AvgIpc) is 2.78. The number of carboxylic acid groups (broad SMARTS) is 1. The van der Waals surface area contributed by atoms with Gasteiger partial charge in [0.05, 0.1) is 19.8 Å². The highest BCUT2D eigenvalue weighted by Gasteiger charge is 2.34. The minimum atomic E-state index is -1.05. The Kier molecular flexibility index (Phi) is 4.29. The molecule has 20 heavy (non-hydrogen) atoms. The molecule has 0 radical (unpaired) electrons. The van der Waals surface area contributed by atoms with Crippen molar-refractivity contribution in [2.24, 2.45) is 0 Å². The molecular weight excluding hydrogens is 282 g/mol. The predicted molar refractivity (Wildman–Crippen MR) is 73.5 cm³/mol. The van der Waals surface area contributed by atoms with Crippen molar-refractivity contribution in [3.8, 4) is 5.75 Å². The number of aryl methyl sites for hydroxylation is 1. The van der Waals surface area contributed by atoms with Gasteiger partial charge in [-0.1, -0.05) is 0 Å². The van der Waals surface area contributed by atoms with Gasteiger partial charge in [-0.3, -0.25) is 4.79 Å². The van der Waals surface area contributed by atoms with Gasteiger partial charge in [-0.05, 0) is 19.9 Å². The van der Waals surface area contributed by atoms with Crippen LogP contribution in [0, 0.1) is 6.92 Å². The fourth-order valence-electron chi connectivity index (χ4n) is 2.19. The van der Waals surface area contributed by atoms with Crippen LogP contribution in [0.3, 0.4) is 0 Å². The van der Waals surface area contributed by atoms with Crippen LogP contribution in [0.1, 0.15) is 21.5 Å². The second-order valence-electron chi connectivity index (χ2n) is 4.74. The van der Waals surface area contributed by atoms with Gasteiger partial charge < -0.3 is 19.5 Å².